The third-order valence-corrected chi connectivity index (χ3v) is 1.99. The Labute approximate surface area is 79.0 Å². The van der Waals surface area contributed by atoms with Crippen molar-refractivity contribution >= 4 is 5.91 Å². The van der Waals surface area contributed by atoms with Crippen molar-refractivity contribution in [1.82, 2.24) is 5.32 Å². The first kappa shape index (κ1) is 9.78. The molecule has 0 saturated carbocycles. The van der Waals surface area contributed by atoms with Crippen molar-refractivity contribution in [2.24, 2.45) is 0 Å². The lowest BCUT2D eigenvalue weighted by atomic mass is 10.1. The standard InChI is InChI=1S/C11H15NO/c1-3-12-11(13)8-10-7-5-4-6-9(10)2/h4-7H,3,8H2,1-2H3,(H,12,13). The maximum atomic E-state index is 11.3. The summed E-state index contributed by atoms with van der Waals surface area (Å²) in [6.45, 7) is 4.65. The molecule has 0 aliphatic carbocycles. The van der Waals surface area contributed by atoms with Crippen LogP contribution >= 0.6 is 0 Å². The number of benzene rings is 1. The minimum atomic E-state index is 0.0943. The van der Waals surface area contributed by atoms with Gasteiger partial charge in [0.15, 0.2) is 0 Å². The number of hydrogen-bond acceptors (Lipinski definition) is 1. The molecule has 1 N–H and O–H groups in total. The topological polar surface area (TPSA) is 29.1 Å². The molecular weight excluding hydrogens is 162 g/mol. The summed E-state index contributed by atoms with van der Waals surface area (Å²) >= 11 is 0. The molecule has 2 nitrogen and oxygen atoms in total. The summed E-state index contributed by atoms with van der Waals surface area (Å²) in [5.41, 5.74) is 2.28. The molecule has 0 bridgehead atoms. The molecule has 1 rings (SSSR count). The maximum Gasteiger partial charge on any atom is 0.224 e. The highest BCUT2D eigenvalue weighted by Gasteiger charge is 2.02. The van der Waals surface area contributed by atoms with E-state index in [1.807, 2.05) is 38.1 Å². The van der Waals surface area contributed by atoms with E-state index in [2.05, 4.69) is 5.32 Å². The molecule has 0 atom stereocenters. The van der Waals surface area contributed by atoms with E-state index < -0.39 is 0 Å². The Morgan fingerprint density at radius 1 is 1.38 bits per heavy atom. The van der Waals surface area contributed by atoms with Gasteiger partial charge in [-0.1, -0.05) is 24.3 Å². The van der Waals surface area contributed by atoms with Crippen LogP contribution in [0, 0.1) is 6.92 Å². The molecule has 0 aliphatic heterocycles. The number of carbonyl (C=O) groups excluding carboxylic acids is 1. The van der Waals surface area contributed by atoms with Crippen LogP contribution in [0.2, 0.25) is 0 Å². The van der Waals surface area contributed by atoms with Gasteiger partial charge in [-0.2, -0.15) is 0 Å². The smallest absolute Gasteiger partial charge is 0.224 e. The molecule has 0 fully saturated rings. The second-order valence-electron chi connectivity index (χ2n) is 3.06. The van der Waals surface area contributed by atoms with E-state index in [-0.39, 0.29) is 5.91 Å². The quantitative estimate of drug-likeness (QED) is 0.747. The van der Waals surface area contributed by atoms with Crippen molar-refractivity contribution in [2.75, 3.05) is 6.54 Å². The number of rotatable bonds is 3. The lowest BCUT2D eigenvalue weighted by Gasteiger charge is -2.04. The van der Waals surface area contributed by atoms with E-state index in [1.165, 1.54) is 5.56 Å². The van der Waals surface area contributed by atoms with Crippen molar-refractivity contribution in [3.63, 3.8) is 0 Å². The summed E-state index contributed by atoms with van der Waals surface area (Å²) in [7, 11) is 0. The molecule has 0 aliphatic rings. The highest BCUT2D eigenvalue weighted by Crippen LogP contribution is 2.07. The summed E-state index contributed by atoms with van der Waals surface area (Å²) in [6, 6.07) is 7.96. The highest BCUT2D eigenvalue weighted by molar-refractivity contribution is 5.78. The minimum absolute atomic E-state index is 0.0943. The zero-order valence-corrected chi connectivity index (χ0v) is 8.13. The van der Waals surface area contributed by atoms with Crippen LogP contribution in [0.25, 0.3) is 0 Å². The number of hydrogen-bond donors (Lipinski definition) is 1. The number of nitrogens with one attached hydrogen (secondary N) is 1. The van der Waals surface area contributed by atoms with Crippen molar-refractivity contribution in [1.29, 1.82) is 0 Å². The summed E-state index contributed by atoms with van der Waals surface area (Å²) in [6.07, 6.45) is 0.487. The summed E-state index contributed by atoms with van der Waals surface area (Å²) < 4.78 is 0. The first-order valence-electron chi connectivity index (χ1n) is 4.55. The average Bonchev–Trinajstić information content (AvgIpc) is 2.09. The van der Waals surface area contributed by atoms with Gasteiger partial charge in [-0.15, -0.1) is 0 Å². The molecule has 0 aromatic heterocycles. The Kier molecular flexibility index (Phi) is 3.50. The Bertz CT molecular complexity index is 294. The van der Waals surface area contributed by atoms with E-state index in [0.717, 1.165) is 5.56 Å². The monoisotopic (exact) mass is 177 g/mol. The minimum Gasteiger partial charge on any atom is -0.356 e. The second-order valence-corrected chi connectivity index (χ2v) is 3.06. The van der Waals surface area contributed by atoms with Gasteiger partial charge in [0.2, 0.25) is 5.91 Å². The highest BCUT2D eigenvalue weighted by atomic mass is 16.1. The largest absolute Gasteiger partial charge is 0.356 e. The third-order valence-electron chi connectivity index (χ3n) is 1.99. The van der Waals surface area contributed by atoms with Crippen LogP contribution in [-0.4, -0.2) is 12.5 Å². The van der Waals surface area contributed by atoms with Crippen LogP contribution in [0.4, 0.5) is 0 Å². The van der Waals surface area contributed by atoms with Crippen LogP contribution in [0.15, 0.2) is 24.3 Å². The Morgan fingerprint density at radius 2 is 2.08 bits per heavy atom. The normalized spacial score (nSPS) is 9.69. The van der Waals surface area contributed by atoms with Gasteiger partial charge < -0.3 is 5.32 Å². The zero-order valence-electron chi connectivity index (χ0n) is 8.13. The molecule has 1 amide bonds. The van der Waals surface area contributed by atoms with E-state index in [1.54, 1.807) is 0 Å². The number of amides is 1. The third kappa shape index (κ3) is 2.90. The molecule has 1 aromatic rings. The molecular formula is C11H15NO. The lowest BCUT2D eigenvalue weighted by molar-refractivity contribution is -0.120. The molecule has 1 aromatic carbocycles. The maximum absolute atomic E-state index is 11.3. The molecule has 0 radical (unpaired) electrons. The number of carbonyl (C=O) groups is 1. The van der Waals surface area contributed by atoms with Crippen molar-refractivity contribution < 1.29 is 4.79 Å². The zero-order chi connectivity index (χ0) is 9.68. The Morgan fingerprint density at radius 3 is 2.69 bits per heavy atom. The summed E-state index contributed by atoms with van der Waals surface area (Å²) in [4.78, 5) is 11.3. The van der Waals surface area contributed by atoms with E-state index >= 15 is 0 Å². The van der Waals surface area contributed by atoms with Gasteiger partial charge in [0.1, 0.15) is 0 Å². The Balaban J connectivity index is 2.63. The second kappa shape index (κ2) is 4.65. The number of likely N-dealkylation sites (N-methyl/N-ethyl adjacent to an activating group) is 1. The first-order valence-corrected chi connectivity index (χ1v) is 4.55. The molecule has 13 heavy (non-hydrogen) atoms. The molecule has 0 saturated heterocycles. The van der Waals surface area contributed by atoms with Gasteiger partial charge in [-0.05, 0) is 25.0 Å². The van der Waals surface area contributed by atoms with Crippen LogP contribution in [0.1, 0.15) is 18.1 Å². The van der Waals surface area contributed by atoms with Gasteiger partial charge in [0.25, 0.3) is 0 Å². The fourth-order valence-electron chi connectivity index (χ4n) is 1.24. The molecule has 0 unspecified atom stereocenters. The first-order chi connectivity index (χ1) is 6.24. The van der Waals surface area contributed by atoms with Crippen molar-refractivity contribution in [3.05, 3.63) is 35.4 Å². The lowest BCUT2D eigenvalue weighted by Crippen LogP contribution is -2.24. The van der Waals surface area contributed by atoms with E-state index in [4.69, 9.17) is 0 Å². The molecule has 2 heteroatoms. The molecule has 0 heterocycles. The van der Waals surface area contributed by atoms with Gasteiger partial charge in [0, 0.05) is 6.54 Å². The molecule has 70 valence electrons. The van der Waals surface area contributed by atoms with Crippen LogP contribution in [-0.2, 0) is 11.2 Å². The van der Waals surface area contributed by atoms with Crippen LogP contribution in [0.5, 0.6) is 0 Å². The summed E-state index contributed by atoms with van der Waals surface area (Å²) in [5.74, 6) is 0.0943. The number of aryl methyl sites for hydroxylation is 1. The van der Waals surface area contributed by atoms with Crippen molar-refractivity contribution in [3.8, 4) is 0 Å². The predicted molar refractivity (Wildman–Crippen MR) is 53.6 cm³/mol. The van der Waals surface area contributed by atoms with Crippen LogP contribution in [0.3, 0.4) is 0 Å². The molecule has 0 spiro atoms. The van der Waals surface area contributed by atoms with Crippen molar-refractivity contribution in [2.45, 2.75) is 20.3 Å². The van der Waals surface area contributed by atoms with Gasteiger partial charge in [0.05, 0.1) is 6.42 Å². The van der Waals surface area contributed by atoms with Gasteiger partial charge in [-0.3, -0.25) is 4.79 Å². The average molecular weight is 177 g/mol. The summed E-state index contributed by atoms with van der Waals surface area (Å²) in [5, 5.41) is 2.78. The fourth-order valence-corrected chi connectivity index (χ4v) is 1.24. The van der Waals surface area contributed by atoms with Gasteiger partial charge >= 0.3 is 0 Å². The van der Waals surface area contributed by atoms with E-state index in [9.17, 15) is 4.79 Å². The SMILES string of the molecule is CCNC(=O)Cc1ccccc1C. The van der Waals surface area contributed by atoms with E-state index in [0.29, 0.717) is 13.0 Å². The Hall–Kier alpha value is -1.31. The fraction of sp³-hybridized carbons (Fsp3) is 0.364. The van der Waals surface area contributed by atoms with Gasteiger partial charge in [-0.25, -0.2) is 0 Å². The van der Waals surface area contributed by atoms with Crippen LogP contribution < -0.4 is 5.32 Å². The predicted octanol–water partition coefficient (Wildman–Crippen LogP) is 1.67.